The number of sulfonamides is 1. The molecule has 0 fully saturated rings. The zero-order valence-corrected chi connectivity index (χ0v) is 15.9. The molecule has 138 valence electrons. The first-order valence-electron chi connectivity index (χ1n) is 8.89. The molecule has 2 rings (SSSR count). The average molecular weight is 365 g/mol. The second kappa shape index (κ2) is 8.47. The summed E-state index contributed by atoms with van der Waals surface area (Å²) in [4.78, 5) is 17.3. The van der Waals surface area contributed by atoms with Crippen LogP contribution in [-0.4, -0.2) is 32.2 Å². The van der Waals surface area contributed by atoms with Gasteiger partial charge in [-0.15, -0.1) is 0 Å². The normalized spacial score (nSPS) is 19.1. The number of rotatable bonds is 8. The second-order valence-corrected chi connectivity index (χ2v) is 8.09. The number of hydrogen-bond donors (Lipinski definition) is 2. The lowest BCUT2D eigenvalue weighted by atomic mass is 10.1. The van der Waals surface area contributed by atoms with E-state index in [1.807, 2.05) is 6.92 Å². The number of carbonyl (C=O) groups is 1. The molecule has 2 atom stereocenters. The molecule has 1 aliphatic rings. The number of unbranched alkanes of at least 4 members (excludes halogenated alkanes) is 1. The molecule has 0 spiro atoms. The summed E-state index contributed by atoms with van der Waals surface area (Å²) >= 11 is 0. The first-order chi connectivity index (χ1) is 11.9. The van der Waals surface area contributed by atoms with Crippen LogP contribution in [0.3, 0.4) is 0 Å². The molecule has 1 heterocycles. The minimum Gasteiger partial charge on any atom is -0.352 e. The summed E-state index contributed by atoms with van der Waals surface area (Å²) in [7, 11) is -3.59. The van der Waals surface area contributed by atoms with Gasteiger partial charge in [-0.05, 0) is 31.9 Å². The monoisotopic (exact) mass is 365 g/mol. The van der Waals surface area contributed by atoms with Gasteiger partial charge in [0.05, 0.1) is 4.90 Å². The van der Waals surface area contributed by atoms with Crippen LogP contribution in [0.15, 0.2) is 34.2 Å². The topological polar surface area (TPSA) is 87.6 Å². The maximum Gasteiger partial charge on any atom is 0.263 e. The van der Waals surface area contributed by atoms with Crippen molar-refractivity contribution < 1.29 is 13.2 Å². The van der Waals surface area contributed by atoms with Crippen LogP contribution in [-0.2, 0) is 14.8 Å². The molecule has 0 aliphatic carbocycles. The predicted molar refractivity (Wildman–Crippen MR) is 99.1 cm³/mol. The summed E-state index contributed by atoms with van der Waals surface area (Å²) in [6.07, 6.45) is 4.28. The van der Waals surface area contributed by atoms with Gasteiger partial charge < -0.3 is 5.32 Å². The van der Waals surface area contributed by atoms with Crippen molar-refractivity contribution in [1.82, 2.24) is 10.0 Å². The Bertz CT molecular complexity index is 744. The van der Waals surface area contributed by atoms with E-state index in [2.05, 4.69) is 28.9 Å². The van der Waals surface area contributed by atoms with E-state index in [0.29, 0.717) is 12.0 Å². The molecule has 2 N–H and O–H groups in total. The molecule has 2 unspecified atom stereocenters. The van der Waals surface area contributed by atoms with Gasteiger partial charge in [-0.2, -0.15) is 0 Å². The fraction of sp³-hybridized carbons (Fsp3) is 0.556. The highest BCUT2D eigenvalue weighted by molar-refractivity contribution is 7.90. The highest BCUT2D eigenvalue weighted by atomic mass is 32.2. The van der Waals surface area contributed by atoms with E-state index >= 15 is 0 Å². The maximum atomic E-state index is 12.6. The molecular formula is C18H27N3O3S. The van der Waals surface area contributed by atoms with E-state index in [-0.39, 0.29) is 22.7 Å². The Kier molecular flexibility index (Phi) is 6.58. The van der Waals surface area contributed by atoms with E-state index in [4.69, 9.17) is 0 Å². The molecule has 0 bridgehead atoms. The number of aliphatic imine (C=N–C) groups is 1. The molecular weight excluding hydrogens is 338 g/mol. The lowest BCUT2D eigenvalue weighted by Gasteiger charge is -2.18. The fourth-order valence-corrected chi connectivity index (χ4v) is 4.12. The Hall–Kier alpha value is -1.89. The number of amidine groups is 1. The molecule has 0 aromatic heterocycles. The average Bonchev–Trinajstić information content (AvgIpc) is 2.82. The van der Waals surface area contributed by atoms with Gasteiger partial charge in [-0.3, -0.25) is 14.5 Å². The number of fused-ring (bicyclic) bond motifs is 1. The summed E-state index contributed by atoms with van der Waals surface area (Å²) < 4.78 is 26.9. The van der Waals surface area contributed by atoms with Crippen LogP contribution >= 0.6 is 0 Å². The predicted octanol–water partition coefficient (Wildman–Crippen LogP) is 2.59. The first kappa shape index (κ1) is 19.4. The van der Waals surface area contributed by atoms with Gasteiger partial charge >= 0.3 is 0 Å². The van der Waals surface area contributed by atoms with Gasteiger partial charge in [0.25, 0.3) is 10.0 Å². The van der Waals surface area contributed by atoms with E-state index in [0.717, 1.165) is 25.7 Å². The molecule has 7 heteroatoms. The Morgan fingerprint density at radius 3 is 2.60 bits per heavy atom. The number of nitrogens with zero attached hydrogens (tertiary/aromatic N) is 1. The first-order valence-corrected chi connectivity index (χ1v) is 10.4. The maximum absolute atomic E-state index is 12.6. The van der Waals surface area contributed by atoms with Crippen LogP contribution in [0.2, 0.25) is 0 Å². The van der Waals surface area contributed by atoms with E-state index in [1.165, 1.54) is 0 Å². The van der Waals surface area contributed by atoms with Crippen molar-refractivity contribution in [2.24, 2.45) is 4.99 Å². The van der Waals surface area contributed by atoms with E-state index < -0.39 is 16.1 Å². The summed E-state index contributed by atoms with van der Waals surface area (Å²) in [5.74, 6) is 0.112. The van der Waals surface area contributed by atoms with Gasteiger partial charge in [-0.25, -0.2) is 8.42 Å². The molecule has 0 saturated carbocycles. The summed E-state index contributed by atoms with van der Waals surface area (Å²) in [5.41, 5.74) is 0.526. The van der Waals surface area contributed by atoms with Crippen molar-refractivity contribution in [3.05, 3.63) is 29.8 Å². The van der Waals surface area contributed by atoms with Gasteiger partial charge in [0.2, 0.25) is 5.91 Å². The standard InChI is InChI=1S/C18H27N3O3S/c1-4-6-11-15(18(22)19-13(3)9-5-2)20-17-14-10-7-8-12-16(14)25(23,24)21-17/h7-8,10,12-13,15H,4-6,9,11H2,1-3H3,(H,19,22)(H,20,21). The third-order valence-corrected chi connectivity index (χ3v) is 5.59. The highest BCUT2D eigenvalue weighted by Gasteiger charge is 2.31. The van der Waals surface area contributed by atoms with E-state index in [9.17, 15) is 13.2 Å². The number of carbonyl (C=O) groups excluding carboxylic acids is 1. The molecule has 1 aliphatic heterocycles. The minimum absolute atomic E-state index is 0.0781. The van der Waals surface area contributed by atoms with Crippen molar-refractivity contribution >= 4 is 21.8 Å². The van der Waals surface area contributed by atoms with Crippen LogP contribution < -0.4 is 10.0 Å². The third-order valence-electron chi connectivity index (χ3n) is 4.19. The molecule has 1 amide bonds. The summed E-state index contributed by atoms with van der Waals surface area (Å²) in [6.45, 7) is 6.09. The highest BCUT2D eigenvalue weighted by Crippen LogP contribution is 2.23. The smallest absolute Gasteiger partial charge is 0.263 e. The molecule has 25 heavy (non-hydrogen) atoms. The van der Waals surface area contributed by atoms with Crippen molar-refractivity contribution in [3.8, 4) is 0 Å². The van der Waals surface area contributed by atoms with Gasteiger partial charge in [0.15, 0.2) is 0 Å². The summed E-state index contributed by atoms with van der Waals surface area (Å²) in [6, 6.07) is 6.18. The fourth-order valence-electron chi connectivity index (χ4n) is 2.88. The van der Waals surface area contributed by atoms with E-state index in [1.54, 1.807) is 24.3 Å². The number of amides is 1. The van der Waals surface area contributed by atoms with Crippen molar-refractivity contribution in [2.45, 2.75) is 69.9 Å². The summed E-state index contributed by atoms with van der Waals surface area (Å²) in [5, 5.41) is 2.99. The van der Waals surface area contributed by atoms with Gasteiger partial charge in [0.1, 0.15) is 11.9 Å². The van der Waals surface area contributed by atoms with Crippen LogP contribution in [0.1, 0.15) is 58.4 Å². The Morgan fingerprint density at radius 2 is 1.92 bits per heavy atom. The van der Waals surface area contributed by atoms with Crippen LogP contribution in [0.4, 0.5) is 0 Å². The molecule has 0 saturated heterocycles. The van der Waals surface area contributed by atoms with Crippen LogP contribution in [0.5, 0.6) is 0 Å². The largest absolute Gasteiger partial charge is 0.352 e. The minimum atomic E-state index is -3.59. The number of nitrogens with one attached hydrogen (secondary N) is 2. The Labute approximate surface area is 150 Å². The van der Waals surface area contributed by atoms with Gasteiger partial charge in [0, 0.05) is 11.6 Å². The molecule has 6 nitrogen and oxygen atoms in total. The number of benzene rings is 1. The Balaban J connectivity index is 2.27. The van der Waals surface area contributed by atoms with Gasteiger partial charge in [-0.1, -0.05) is 45.2 Å². The van der Waals surface area contributed by atoms with Crippen LogP contribution in [0, 0.1) is 0 Å². The molecule has 1 aromatic rings. The third kappa shape index (κ3) is 4.81. The van der Waals surface area contributed by atoms with Crippen molar-refractivity contribution in [2.75, 3.05) is 0 Å². The second-order valence-electron chi connectivity index (χ2n) is 6.44. The molecule has 1 aromatic carbocycles. The number of hydrogen-bond acceptors (Lipinski definition) is 4. The lowest BCUT2D eigenvalue weighted by Crippen LogP contribution is -2.40. The zero-order chi connectivity index (χ0) is 18.4. The lowest BCUT2D eigenvalue weighted by molar-refractivity contribution is -0.123. The quantitative estimate of drug-likeness (QED) is 0.742. The van der Waals surface area contributed by atoms with Crippen molar-refractivity contribution in [1.29, 1.82) is 0 Å². The van der Waals surface area contributed by atoms with Crippen molar-refractivity contribution in [3.63, 3.8) is 0 Å². The van der Waals surface area contributed by atoms with Crippen LogP contribution in [0.25, 0.3) is 0 Å². The molecule has 0 radical (unpaired) electrons. The zero-order valence-electron chi connectivity index (χ0n) is 15.1. The Morgan fingerprint density at radius 1 is 1.20 bits per heavy atom. The SMILES string of the molecule is CCCCC(N=C1NS(=O)(=O)c2ccccc21)C(=O)NC(C)CCC.